The molecule has 0 amide bonds. The van der Waals surface area contributed by atoms with Crippen molar-refractivity contribution in [3.8, 4) is 11.4 Å². The fourth-order valence-electron chi connectivity index (χ4n) is 3.22. The van der Waals surface area contributed by atoms with Gasteiger partial charge in [-0.05, 0) is 60.9 Å². The molecule has 1 heterocycles. The maximum absolute atomic E-state index is 12.6. The number of benzene rings is 2. The minimum Gasteiger partial charge on any atom is -0.428 e. The summed E-state index contributed by atoms with van der Waals surface area (Å²) in [5.41, 5.74) is 3.16. The first kappa shape index (κ1) is 22.8. The molecular weight excluding hydrogens is 390 g/mol. The molecule has 166 valence electrons. The van der Waals surface area contributed by atoms with Gasteiger partial charge in [-0.3, -0.25) is 0 Å². The van der Waals surface area contributed by atoms with Crippen LogP contribution in [-0.4, -0.2) is 26.8 Å². The van der Waals surface area contributed by atoms with Crippen LogP contribution < -0.4 is 4.74 Å². The van der Waals surface area contributed by atoms with E-state index in [-0.39, 0.29) is 10.8 Å². The highest BCUT2D eigenvalue weighted by molar-refractivity contribution is 5.74. The first-order valence-corrected chi connectivity index (χ1v) is 10.6. The van der Waals surface area contributed by atoms with Crippen LogP contribution >= 0.6 is 0 Å². The van der Waals surface area contributed by atoms with Gasteiger partial charge >= 0.3 is 6.16 Å². The first-order valence-electron chi connectivity index (χ1n) is 10.6. The summed E-state index contributed by atoms with van der Waals surface area (Å²) in [7, 11) is 0. The molecule has 0 fully saturated rings. The van der Waals surface area contributed by atoms with Gasteiger partial charge in [0, 0.05) is 0 Å². The SMILES string of the molecule is CC(C)(C)OC(=O)Oc1cc(C(C)(C)C)cc(C(C)(C)C)c1-n1nc2ccccc2n1. The fraction of sp³-hybridized carbons (Fsp3) is 0.480. The van der Waals surface area contributed by atoms with Crippen LogP contribution in [0.15, 0.2) is 36.4 Å². The maximum Gasteiger partial charge on any atom is 0.514 e. The second-order valence-corrected chi connectivity index (χ2v) is 10.9. The Morgan fingerprint density at radius 1 is 0.839 bits per heavy atom. The zero-order valence-electron chi connectivity index (χ0n) is 20.0. The fourth-order valence-corrected chi connectivity index (χ4v) is 3.22. The second kappa shape index (κ2) is 7.66. The van der Waals surface area contributed by atoms with Crippen molar-refractivity contribution in [3.05, 3.63) is 47.5 Å². The highest BCUT2D eigenvalue weighted by Crippen LogP contribution is 2.39. The minimum atomic E-state index is -0.753. The Bertz CT molecular complexity index is 1080. The molecule has 3 rings (SSSR count). The largest absolute Gasteiger partial charge is 0.514 e. The van der Waals surface area contributed by atoms with Gasteiger partial charge in [0.05, 0.1) is 0 Å². The molecule has 0 saturated heterocycles. The summed E-state index contributed by atoms with van der Waals surface area (Å²) < 4.78 is 11.2. The number of fused-ring (bicyclic) bond motifs is 1. The Morgan fingerprint density at radius 3 is 1.84 bits per heavy atom. The molecule has 31 heavy (non-hydrogen) atoms. The molecule has 6 nitrogen and oxygen atoms in total. The van der Waals surface area contributed by atoms with Crippen LogP contribution in [-0.2, 0) is 15.6 Å². The van der Waals surface area contributed by atoms with E-state index in [4.69, 9.17) is 9.47 Å². The van der Waals surface area contributed by atoms with E-state index in [1.165, 1.54) is 0 Å². The Hall–Kier alpha value is -2.89. The average molecular weight is 424 g/mol. The van der Waals surface area contributed by atoms with Crippen molar-refractivity contribution < 1.29 is 14.3 Å². The van der Waals surface area contributed by atoms with E-state index in [1.54, 1.807) is 4.80 Å². The highest BCUT2D eigenvalue weighted by Gasteiger charge is 2.30. The van der Waals surface area contributed by atoms with Gasteiger partial charge in [0.15, 0.2) is 5.75 Å². The van der Waals surface area contributed by atoms with Crippen molar-refractivity contribution in [1.29, 1.82) is 0 Å². The molecule has 1 aromatic heterocycles. The normalized spacial score (nSPS) is 12.8. The summed E-state index contributed by atoms with van der Waals surface area (Å²) in [5.74, 6) is 0.381. The summed E-state index contributed by atoms with van der Waals surface area (Å²) in [4.78, 5) is 14.2. The molecule has 0 aliphatic heterocycles. The molecule has 0 unspecified atom stereocenters. The number of carbonyl (C=O) groups excluding carboxylic acids is 1. The van der Waals surface area contributed by atoms with E-state index in [0.29, 0.717) is 11.4 Å². The van der Waals surface area contributed by atoms with Crippen molar-refractivity contribution in [3.63, 3.8) is 0 Å². The van der Waals surface area contributed by atoms with Crippen molar-refractivity contribution in [2.24, 2.45) is 0 Å². The Morgan fingerprint density at radius 2 is 1.39 bits per heavy atom. The molecule has 0 N–H and O–H groups in total. The third kappa shape index (κ3) is 5.24. The van der Waals surface area contributed by atoms with Gasteiger partial charge in [-0.1, -0.05) is 59.7 Å². The topological polar surface area (TPSA) is 66.2 Å². The molecule has 0 radical (unpaired) electrons. The molecule has 0 aliphatic rings. The summed E-state index contributed by atoms with van der Waals surface area (Å²) in [5, 5.41) is 9.33. The Balaban J connectivity index is 2.27. The van der Waals surface area contributed by atoms with E-state index < -0.39 is 11.8 Å². The van der Waals surface area contributed by atoms with Gasteiger partial charge in [-0.15, -0.1) is 15.0 Å². The third-order valence-corrected chi connectivity index (χ3v) is 4.82. The van der Waals surface area contributed by atoms with E-state index in [0.717, 1.165) is 22.2 Å². The first-order chi connectivity index (χ1) is 14.1. The van der Waals surface area contributed by atoms with Crippen LogP contribution in [0.25, 0.3) is 16.7 Å². The number of aromatic nitrogens is 3. The van der Waals surface area contributed by atoms with Crippen molar-refractivity contribution in [1.82, 2.24) is 15.0 Å². The van der Waals surface area contributed by atoms with Crippen LogP contribution in [0.1, 0.15) is 73.4 Å². The minimum absolute atomic E-state index is 0.146. The van der Waals surface area contributed by atoms with Crippen molar-refractivity contribution in [2.75, 3.05) is 0 Å². The Kier molecular flexibility index (Phi) is 5.63. The number of hydrogen-bond donors (Lipinski definition) is 0. The summed E-state index contributed by atoms with van der Waals surface area (Å²) in [6.07, 6.45) is -0.753. The zero-order chi connectivity index (χ0) is 23.2. The van der Waals surface area contributed by atoms with E-state index >= 15 is 0 Å². The lowest BCUT2D eigenvalue weighted by Crippen LogP contribution is -2.27. The lowest BCUT2D eigenvalue weighted by molar-refractivity contribution is 0.0205. The number of hydrogen-bond acceptors (Lipinski definition) is 5. The number of nitrogens with zero attached hydrogens (tertiary/aromatic N) is 3. The number of rotatable bonds is 2. The molecule has 0 spiro atoms. The maximum atomic E-state index is 12.6. The van der Waals surface area contributed by atoms with Gasteiger partial charge in [-0.2, -0.15) is 0 Å². The second-order valence-electron chi connectivity index (χ2n) is 10.9. The van der Waals surface area contributed by atoms with Crippen LogP contribution in [0.4, 0.5) is 4.79 Å². The summed E-state index contributed by atoms with van der Waals surface area (Å²) in [6, 6.07) is 11.7. The van der Waals surface area contributed by atoms with Gasteiger partial charge in [0.25, 0.3) is 0 Å². The van der Waals surface area contributed by atoms with Gasteiger partial charge < -0.3 is 9.47 Å². The lowest BCUT2D eigenvalue weighted by Gasteiger charge is -2.28. The van der Waals surface area contributed by atoms with Gasteiger partial charge in [-0.25, -0.2) is 4.79 Å². The predicted molar refractivity (Wildman–Crippen MR) is 123 cm³/mol. The molecule has 6 heteroatoms. The van der Waals surface area contributed by atoms with Crippen molar-refractivity contribution in [2.45, 2.75) is 78.7 Å². The molecule has 0 atom stereocenters. The standard InChI is InChI=1S/C25H33N3O3/c1-23(2,3)16-14-17(24(4,5)6)21(20(15-16)30-22(29)31-25(7,8)9)28-26-18-12-10-11-13-19(18)27-28/h10-15H,1-9H3. The summed E-state index contributed by atoms with van der Waals surface area (Å²) >= 11 is 0. The van der Waals surface area contributed by atoms with Crippen LogP contribution in [0.3, 0.4) is 0 Å². The summed E-state index contributed by atoms with van der Waals surface area (Å²) in [6.45, 7) is 18.2. The monoisotopic (exact) mass is 423 g/mol. The zero-order valence-corrected chi connectivity index (χ0v) is 20.0. The predicted octanol–water partition coefficient (Wildman–Crippen LogP) is 6.33. The molecule has 0 saturated carbocycles. The molecule has 3 aromatic rings. The number of carbonyl (C=O) groups is 1. The highest BCUT2D eigenvalue weighted by atomic mass is 16.7. The van der Waals surface area contributed by atoms with Crippen LogP contribution in [0, 0.1) is 0 Å². The Labute approximate surface area is 184 Å². The molecule has 0 bridgehead atoms. The third-order valence-electron chi connectivity index (χ3n) is 4.82. The van der Waals surface area contributed by atoms with E-state index in [1.807, 2.05) is 51.1 Å². The van der Waals surface area contributed by atoms with E-state index in [9.17, 15) is 4.79 Å². The molecule has 0 aliphatic carbocycles. The molecular formula is C25H33N3O3. The van der Waals surface area contributed by atoms with Gasteiger partial charge in [0.1, 0.15) is 22.3 Å². The molecule has 2 aromatic carbocycles. The van der Waals surface area contributed by atoms with E-state index in [2.05, 4.69) is 57.8 Å². The van der Waals surface area contributed by atoms with Gasteiger partial charge in [0.2, 0.25) is 0 Å². The van der Waals surface area contributed by atoms with Crippen LogP contribution in [0.2, 0.25) is 0 Å². The van der Waals surface area contributed by atoms with Crippen molar-refractivity contribution >= 4 is 17.2 Å². The smallest absolute Gasteiger partial charge is 0.428 e. The number of ether oxygens (including phenoxy) is 2. The lowest BCUT2D eigenvalue weighted by atomic mass is 9.79. The van der Waals surface area contributed by atoms with Crippen LogP contribution in [0.5, 0.6) is 5.75 Å². The quantitative estimate of drug-likeness (QED) is 0.356. The average Bonchev–Trinajstić information content (AvgIpc) is 3.01.